The molecule has 0 unspecified atom stereocenters. The summed E-state index contributed by atoms with van der Waals surface area (Å²) in [6.45, 7) is 11.7. The van der Waals surface area contributed by atoms with E-state index in [2.05, 4.69) is 0 Å². The number of carbonyl (C=O) groups excluding carboxylic acids is 1. The number of ether oxygens (including phenoxy) is 1. The van der Waals surface area contributed by atoms with Gasteiger partial charge in [0.2, 0.25) is 9.84 Å². The zero-order valence-electron chi connectivity index (χ0n) is 22.9. The molecule has 1 aliphatic rings. The first-order valence-electron chi connectivity index (χ1n) is 12.6. The summed E-state index contributed by atoms with van der Waals surface area (Å²) in [6, 6.07) is 12.6. The summed E-state index contributed by atoms with van der Waals surface area (Å²) in [5.41, 5.74) is -0.460. The molecule has 0 aliphatic carbocycles. The summed E-state index contributed by atoms with van der Waals surface area (Å²) < 4.78 is 59.6. The molecule has 0 saturated carbocycles. The number of aryl methyl sites for hydroxylation is 2. The van der Waals surface area contributed by atoms with Gasteiger partial charge >= 0.3 is 5.97 Å². The molecule has 1 atom stereocenters. The molecule has 7 nitrogen and oxygen atoms in total. The Morgan fingerprint density at radius 2 is 1.29 bits per heavy atom. The van der Waals surface area contributed by atoms with Crippen molar-refractivity contribution < 1.29 is 26.4 Å². The molecule has 3 rings (SSSR count). The lowest BCUT2D eigenvalue weighted by molar-refractivity contribution is -0.165. The summed E-state index contributed by atoms with van der Waals surface area (Å²) in [5.74, 6) is -0.599. The summed E-state index contributed by atoms with van der Waals surface area (Å²) in [6.07, 6.45) is 4.11. The minimum absolute atomic E-state index is 0.000283. The van der Waals surface area contributed by atoms with Gasteiger partial charge in [0.1, 0.15) is 11.1 Å². The molecule has 0 bridgehead atoms. The highest BCUT2D eigenvalue weighted by molar-refractivity contribution is 7.96. The van der Waals surface area contributed by atoms with E-state index in [9.17, 15) is 21.6 Å². The molecular formula is C29H37NO6S2. The molecule has 9 heteroatoms. The van der Waals surface area contributed by atoms with E-state index < -0.39 is 36.8 Å². The Labute approximate surface area is 227 Å². The number of hydrogen-bond donors (Lipinski definition) is 0. The monoisotopic (exact) mass is 559 g/mol. The molecule has 38 heavy (non-hydrogen) atoms. The number of rotatable bonds is 8. The quantitative estimate of drug-likeness (QED) is 0.326. The van der Waals surface area contributed by atoms with Crippen molar-refractivity contribution in [1.29, 1.82) is 0 Å². The predicted molar refractivity (Wildman–Crippen MR) is 149 cm³/mol. The van der Waals surface area contributed by atoms with Crippen LogP contribution in [0.1, 0.15) is 51.7 Å². The maximum absolute atomic E-state index is 13.9. The minimum Gasteiger partial charge on any atom is -0.458 e. The molecular weight excluding hydrogens is 522 g/mol. The minimum atomic E-state index is -4.19. The van der Waals surface area contributed by atoms with E-state index in [0.29, 0.717) is 13.1 Å². The normalized spacial score (nSPS) is 17.5. The van der Waals surface area contributed by atoms with Crippen LogP contribution >= 0.6 is 0 Å². The summed E-state index contributed by atoms with van der Waals surface area (Å²) in [7, 11) is -8.15. The van der Waals surface area contributed by atoms with Crippen molar-refractivity contribution in [3.8, 4) is 0 Å². The highest BCUT2D eigenvalue weighted by atomic mass is 32.2. The maximum Gasteiger partial charge on any atom is 0.330 e. The molecule has 1 saturated heterocycles. The molecule has 0 radical (unpaired) electrons. The first-order chi connectivity index (χ1) is 17.5. The van der Waals surface area contributed by atoms with Crippen LogP contribution < -0.4 is 0 Å². The number of esters is 1. The van der Waals surface area contributed by atoms with Crippen LogP contribution in [0.25, 0.3) is 0 Å². The fourth-order valence-corrected chi connectivity index (χ4v) is 6.63. The third-order valence-electron chi connectivity index (χ3n) is 6.40. The standard InChI is InChI=1S/C29H37NO6S2/c1-22-9-13-24(14-10-22)37(32,33)20-17-26(38(34,35)25-15-11-23(2)12-16-25)21-29(6,30-18-7-8-19-30)27(31)36-28(3,4)5/h9-17,20-21H,7-8,18-19H2,1-6H3/b20-17+,26-21+/t29-/m0/s1. The molecule has 1 aliphatic heterocycles. The van der Waals surface area contributed by atoms with Gasteiger partial charge in [-0.15, -0.1) is 0 Å². The number of sulfone groups is 2. The van der Waals surface area contributed by atoms with Gasteiger partial charge in [-0.25, -0.2) is 21.6 Å². The fraction of sp³-hybridized carbons (Fsp3) is 0.414. The summed E-state index contributed by atoms with van der Waals surface area (Å²) in [5, 5.41) is 0.884. The Bertz CT molecular complexity index is 1430. The molecule has 2 aromatic carbocycles. The van der Waals surface area contributed by atoms with E-state index in [1.807, 2.05) is 18.7 Å². The number of allylic oxidation sites excluding steroid dienone is 1. The second-order valence-electron chi connectivity index (χ2n) is 10.9. The second kappa shape index (κ2) is 11.2. The number of carbonyl (C=O) groups is 1. The van der Waals surface area contributed by atoms with Gasteiger partial charge in [0, 0.05) is 5.41 Å². The summed E-state index contributed by atoms with van der Waals surface area (Å²) >= 11 is 0. The molecule has 0 amide bonds. The largest absolute Gasteiger partial charge is 0.458 e. The van der Waals surface area contributed by atoms with Crippen LogP contribution in [0.5, 0.6) is 0 Å². The maximum atomic E-state index is 13.9. The van der Waals surface area contributed by atoms with Crippen LogP contribution in [-0.2, 0) is 29.2 Å². The van der Waals surface area contributed by atoms with E-state index in [1.54, 1.807) is 52.0 Å². The van der Waals surface area contributed by atoms with Crippen LogP contribution in [0, 0.1) is 13.8 Å². The molecule has 0 aromatic heterocycles. The van der Waals surface area contributed by atoms with Crippen molar-refractivity contribution in [1.82, 2.24) is 4.90 Å². The van der Waals surface area contributed by atoms with Gasteiger partial charge in [-0.05, 0) is 104 Å². The zero-order chi connectivity index (χ0) is 28.4. The van der Waals surface area contributed by atoms with E-state index in [-0.39, 0.29) is 14.7 Å². The molecule has 0 N–H and O–H groups in total. The van der Waals surface area contributed by atoms with Gasteiger partial charge in [0.15, 0.2) is 9.84 Å². The van der Waals surface area contributed by atoms with E-state index in [0.717, 1.165) is 35.5 Å². The zero-order valence-corrected chi connectivity index (χ0v) is 24.5. The van der Waals surface area contributed by atoms with Crippen LogP contribution in [0.15, 0.2) is 80.8 Å². The van der Waals surface area contributed by atoms with E-state index in [4.69, 9.17) is 4.74 Å². The third-order valence-corrected chi connectivity index (χ3v) is 9.59. The van der Waals surface area contributed by atoms with Crippen LogP contribution in [0.3, 0.4) is 0 Å². The molecule has 1 fully saturated rings. The van der Waals surface area contributed by atoms with Crippen LogP contribution in [-0.4, -0.2) is 51.9 Å². The van der Waals surface area contributed by atoms with Crippen molar-refractivity contribution in [3.63, 3.8) is 0 Å². The average Bonchev–Trinajstić information content (AvgIpc) is 3.37. The average molecular weight is 560 g/mol. The lowest BCUT2D eigenvalue weighted by Gasteiger charge is -2.36. The Hall–Kier alpha value is -2.75. The lowest BCUT2D eigenvalue weighted by atomic mass is 9.98. The first-order valence-corrected chi connectivity index (χ1v) is 15.6. The fourth-order valence-electron chi connectivity index (χ4n) is 4.15. The smallest absolute Gasteiger partial charge is 0.330 e. The molecule has 206 valence electrons. The van der Waals surface area contributed by atoms with Crippen molar-refractivity contribution in [2.24, 2.45) is 0 Å². The Kier molecular flexibility index (Phi) is 8.75. The number of hydrogen-bond acceptors (Lipinski definition) is 7. The Morgan fingerprint density at radius 1 is 0.816 bits per heavy atom. The van der Waals surface area contributed by atoms with Gasteiger partial charge in [0.05, 0.1) is 14.7 Å². The van der Waals surface area contributed by atoms with Crippen molar-refractivity contribution in [2.45, 2.75) is 75.3 Å². The molecule has 1 heterocycles. The Morgan fingerprint density at radius 3 is 1.76 bits per heavy atom. The molecule has 2 aromatic rings. The second-order valence-corrected chi connectivity index (χ2v) is 14.7. The van der Waals surface area contributed by atoms with Crippen molar-refractivity contribution in [3.05, 3.63) is 82.1 Å². The van der Waals surface area contributed by atoms with Gasteiger partial charge in [-0.3, -0.25) is 4.90 Å². The van der Waals surface area contributed by atoms with Crippen molar-refractivity contribution in [2.75, 3.05) is 13.1 Å². The van der Waals surface area contributed by atoms with Crippen LogP contribution in [0.4, 0.5) is 0 Å². The first kappa shape index (κ1) is 29.8. The highest BCUT2D eigenvalue weighted by Crippen LogP contribution is 2.31. The Balaban J connectivity index is 2.20. The lowest BCUT2D eigenvalue weighted by Crippen LogP contribution is -2.52. The van der Waals surface area contributed by atoms with E-state index in [1.165, 1.54) is 30.3 Å². The number of likely N-dealkylation sites (tertiary alicyclic amines) is 1. The SMILES string of the molecule is Cc1ccc(S(=O)(=O)/C=C/C(=C\[C@@](C)(C(=O)OC(C)(C)C)N2CCCC2)S(=O)(=O)c2ccc(C)cc2)cc1. The van der Waals surface area contributed by atoms with Crippen LogP contribution in [0.2, 0.25) is 0 Å². The molecule has 0 spiro atoms. The highest BCUT2D eigenvalue weighted by Gasteiger charge is 2.43. The topological polar surface area (TPSA) is 97.8 Å². The summed E-state index contributed by atoms with van der Waals surface area (Å²) in [4.78, 5) is 15.2. The predicted octanol–water partition coefficient (Wildman–Crippen LogP) is 5.14. The number of benzene rings is 2. The van der Waals surface area contributed by atoms with Gasteiger partial charge in [0.25, 0.3) is 0 Å². The van der Waals surface area contributed by atoms with E-state index >= 15 is 0 Å². The van der Waals surface area contributed by atoms with Gasteiger partial charge in [-0.1, -0.05) is 35.4 Å². The van der Waals surface area contributed by atoms with Gasteiger partial charge < -0.3 is 4.74 Å². The third kappa shape index (κ3) is 7.01. The van der Waals surface area contributed by atoms with Gasteiger partial charge in [-0.2, -0.15) is 0 Å². The van der Waals surface area contributed by atoms with Crippen molar-refractivity contribution >= 4 is 25.6 Å². The number of nitrogens with zero attached hydrogens (tertiary/aromatic N) is 1.